The first-order valence-corrected chi connectivity index (χ1v) is 8.07. The van der Waals surface area contributed by atoms with Crippen LogP contribution >= 0.6 is 0 Å². The molecule has 0 saturated heterocycles. The molecule has 1 saturated carbocycles. The number of aromatic nitrogens is 2. The van der Waals surface area contributed by atoms with E-state index >= 15 is 0 Å². The molecule has 0 radical (unpaired) electrons. The minimum atomic E-state index is 0.573. The zero-order valence-electron chi connectivity index (χ0n) is 12.9. The van der Waals surface area contributed by atoms with Crippen molar-refractivity contribution in [3.05, 3.63) is 60.6 Å². The predicted molar refractivity (Wildman–Crippen MR) is 91.9 cm³/mol. The summed E-state index contributed by atoms with van der Waals surface area (Å²) in [6.07, 6.45) is 4.26. The molecule has 1 aromatic heterocycles. The van der Waals surface area contributed by atoms with Crippen LogP contribution in [0.4, 0.5) is 5.82 Å². The van der Waals surface area contributed by atoms with Gasteiger partial charge in [0, 0.05) is 17.5 Å². The van der Waals surface area contributed by atoms with Crippen molar-refractivity contribution in [1.29, 1.82) is 0 Å². The van der Waals surface area contributed by atoms with Gasteiger partial charge in [-0.3, -0.25) is 0 Å². The summed E-state index contributed by atoms with van der Waals surface area (Å²) in [6.45, 7) is 1.31. The largest absolute Gasteiger partial charge is 0.491 e. The summed E-state index contributed by atoms with van der Waals surface area (Å²) in [5.41, 5.74) is 0. The third-order valence-electron chi connectivity index (χ3n) is 4.03. The highest BCUT2D eigenvalue weighted by Crippen LogP contribution is 2.38. The average molecular weight is 305 g/mol. The highest BCUT2D eigenvalue weighted by atomic mass is 16.5. The lowest BCUT2D eigenvalue weighted by molar-refractivity contribution is 0.336. The summed E-state index contributed by atoms with van der Waals surface area (Å²) >= 11 is 0. The number of hydrogen-bond donors (Lipinski definition) is 1. The van der Waals surface area contributed by atoms with Crippen LogP contribution in [0.1, 0.15) is 24.6 Å². The Morgan fingerprint density at radius 1 is 1.04 bits per heavy atom. The van der Waals surface area contributed by atoms with Gasteiger partial charge in [0.2, 0.25) is 0 Å². The maximum atomic E-state index is 5.93. The summed E-state index contributed by atoms with van der Waals surface area (Å²) in [6, 6.07) is 16.3. The Morgan fingerprint density at radius 3 is 2.83 bits per heavy atom. The minimum Gasteiger partial charge on any atom is -0.491 e. The number of ether oxygens (including phenoxy) is 1. The van der Waals surface area contributed by atoms with Crippen LogP contribution in [0.5, 0.6) is 5.75 Å². The SMILES string of the molecule is c1ccc2c(OCCNc3ccnc(C4CC4)n3)cccc2c1. The van der Waals surface area contributed by atoms with Crippen molar-refractivity contribution in [3.8, 4) is 5.75 Å². The molecule has 0 amide bonds. The van der Waals surface area contributed by atoms with Crippen molar-refractivity contribution in [3.63, 3.8) is 0 Å². The molecule has 3 aromatic rings. The summed E-state index contributed by atoms with van der Waals surface area (Å²) in [5, 5.41) is 5.65. The first-order valence-electron chi connectivity index (χ1n) is 8.07. The average Bonchev–Trinajstić information content (AvgIpc) is 3.44. The van der Waals surface area contributed by atoms with Gasteiger partial charge >= 0.3 is 0 Å². The van der Waals surface area contributed by atoms with E-state index in [-0.39, 0.29) is 0 Å². The van der Waals surface area contributed by atoms with Crippen LogP contribution in [-0.2, 0) is 0 Å². The highest BCUT2D eigenvalue weighted by molar-refractivity contribution is 5.88. The Kier molecular flexibility index (Phi) is 3.80. The second kappa shape index (κ2) is 6.24. The fraction of sp³-hybridized carbons (Fsp3) is 0.263. The van der Waals surface area contributed by atoms with Crippen molar-refractivity contribution < 1.29 is 4.74 Å². The molecular formula is C19H19N3O. The second-order valence-electron chi connectivity index (χ2n) is 5.83. The van der Waals surface area contributed by atoms with E-state index < -0.39 is 0 Å². The van der Waals surface area contributed by atoms with Gasteiger partial charge in [0.05, 0.1) is 6.54 Å². The van der Waals surface area contributed by atoms with Crippen molar-refractivity contribution in [1.82, 2.24) is 9.97 Å². The molecule has 4 heteroatoms. The topological polar surface area (TPSA) is 47.0 Å². The molecule has 1 aliphatic rings. The summed E-state index contributed by atoms with van der Waals surface area (Å²) in [7, 11) is 0. The number of nitrogens with zero attached hydrogens (tertiary/aromatic N) is 2. The van der Waals surface area contributed by atoms with Crippen molar-refractivity contribution in [2.75, 3.05) is 18.5 Å². The number of hydrogen-bond acceptors (Lipinski definition) is 4. The van der Waals surface area contributed by atoms with Crippen LogP contribution in [-0.4, -0.2) is 23.1 Å². The van der Waals surface area contributed by atoms with E-state index in [1.807, 2.05) is 36.5 Å². The first kappa shape index (κ1) is 14.0. The van der Waals surface area contributed by atoms with E-state index in [9.17, 15) is 0 Å². The molecule has 0 atom stereocenters. The van der Waals surface area contributed by atoms with Gasteiger partial charge in [0.15, 0.2) is 0 Å². The van der Waals surface area contributed by atoms with E-state index in [2.05, 4.69) is 33.5 Å². The molecule has 116 valence electrons. The number of nitrogens with one attached hydrogen (secondary N) is 1. The van der Waals surface area contributed by atoms with Crippen LogP contribution in [0.15, 0.2) is 54.7 Å². The van der Waals surface area contributed by atoms with Crippen molar-refractivity contribution >= 4 is 16.6 Å². The third-order valence-corrected chi connectivity index (χ3v) is 4.03. The molecular weight excluding hydrogens is 286 g/mol. The Morgan fingerprint density at radius 2 is 1.91 bits per heavy atom. The number of fused-ring (bicyclic) bond motifs is 1. The summed E-state index contributed by atoms with van der Waals surface area (Å²) < 4.78 is 5.93. The Hall–Kier alpha value is -2.62. The molecule has 0 unspecified atom stereocenters. The van der Waals surface area contributed by atoms with Gasteiger partial charge in [-0.25, -0.2) is 9.97 Å². The standard InChI is InChI=1S/C19H19N3O/c1-2-6-16-14(4-1)5-3-7-17(16)23-13-12-20-18-10-11-21-19(22-18)15-8-9-15/h1-7,10-11,15H,8-9,12-13H2,(H,20,21,22). The van der Waals surface area contributed by atoms with E-state index in [0.29, 0.717) is 19.1 Å². The molecule has 4 nitrogen and oxygen atoms in total. The van der Waals surface area contributed by atoms with Crippen LogP contribution < -0.4 is 10.1 Å². The molecule has 1 aliphatic carbocycles. The quantitative estimate of drug-likeness (QED) is 0.699. The lowest BCUT2D eigenvalue weighted by Crippen LogP contribution is -2.13. The number of anilines is 1. The molecule has 1 N–H and O–H groups in total. The van der Waals surface area contributed by atoms with Gasteiger partial charge in [0.25, 0.3) is 0 Å². The molecule has 0 bridgehead atoms. The second-order valence-corrected chi connectivity index (χ2v) is 5.83. The van der Waals surface area contributed by atoms with Crippen LogP contribution in [0.3, 0.4) is 0 Å². The highest BCUT2D eigenvalue weighted by Gasteiger charge is 2.26. The van der Waals surface area contributed by atoms with Gasteiger partial charge in [0.1, 0.15) is 24.0 Å². The van der Waals surface area contributed by atoms with Gasteiger partial charge in [-0.05, 0) is 30.4 Å². The predicted octanol–water partition coefficient (Wildman–Crippen LogP) is 4.00. The zero-order valence-corrected chi connectivity index (χ0v) is 12.9. The molecule has 23 heavy (non-hydrogen) atoms. The molecule has 0 spiro atoms. The smallest absolute Gasteiger partial charge is 0.133 e. The van der Waals surface area contributed by atoms with Gasteiger partial charge in [-0.1, -0.05) is 36.4 Å². The fourth-order valence-electron chi connectivity index (χ4n) is 2.67. The lowest BCUT2D eigenvalue weighted by Gasteiger charge is -2.10. The molecule has 1 fully saturated rings. The number of benzene rings is 2. The maximum absolute atomic E-state index is 5.93. The zero-order chi connectivity index (χ0) is 15.5. The lowest BCUT2D eigenvalue weighted by atomic mass is 10.1. The van der Waals surface area contributed by atoms with E-state index in [1.165, 1.54) is 18.2 Å². The van der Waals surface area contributed by atoms with Crippen molar-refractivity contribution in [2.24, 2.45) is 0 Å². The summed E-state index contributed by atoms with van der Waals surface area (Å²) in [4.78, 5) is 8.88. The van der Waals surface area contributed by atoms with Crippen molar-refractivity contribution in [2.45, 2.75) is 18.8 Å². The first-order chi connectivity index (χ1) is 11.4. The van der Waals surface area contributed by atoms with Crippen LogP contribution in [0.2, 0.25) is 0 Å². The van der Waals surface area contributed by atoms with Gasteiger partial charge in [-0.2, -0.15) is 0 Å². The Bertz CT molecular complexity index is 809. The normalized spacial score (nSPS) is 13.9. The number of rotatable bonds is 6. The third kappa shape index (κ3) is 3.26. The minimum absolute atomic E-state index is 0.573. The van der Waals surface area contributed by atoms with Crippen LogP contribution in [0, 0.1) is 0 Å². The van der Waals surface area contributed by atoms with E-state index in [4.69, 9.17) is 4.74 Å². The Balaban J connectivity index is 1.35. The van der Waals surface area contributed by atoms with Gasteiger partial charge < -0.3 is 10.1 Å². The van der Waals surface area contributed by atoms with Crippen LogP contribution in [0.25, 0.3) is 10.8 Å². The molecule has 2 aromatic carbocycles. The Labute approximate surface area is 135 Å². The summed E-state index contributed by atoms with van der Waals surface area (Å²) in [5.74, 6) is 3.34. The van der Waals surface area contributed by atoms with E-state index in [1.54, 1.807) is 0 Å². The maximum Gasteiger partial charge on any atom is 0.133 e. The molecule has 4 rings (SSSR count). The van der Waals surface area contributed by atoms with E-state index in [0.717, 1.165) is 22.8 Å². The fourth-order valence-corrected chi connectivity index (χ4v) is 2.67. The molecule has 1 heterocycles. The monoisotopic (exact) mass is 305 g/mol. The van der Waals surface area contributed by atoms with Gasteiger partial charge in [-0.15, -0.1) is 0 Å². The molecule has 0 aliphatic heterocycles.